The summed E-state index contributed by atoms with van der Waals surface area (Å²) in [5.41, 5.74) is 0. The molecule has 0 unspecified atom stereocenters. The van der Waals surface area contributed by atoms with E-state index in [2.05, 4.69) is 0 Å². The number of hydrogen-bond donors (Lipinski definition) is 0. The van der Waals surface area contributed by atoms with Crippen LogP contribution in [0.25, 0.3) is 0 Å². The van der Waals surface area contributed by atoms with E-state index < -0.39 is 19.2 Å². The summed E-state index contributed by atoms with van der Waals surface area (Å²) in [7, 11) is 0. The first-order chi connectivity index (χ1) is 7.95. The first-order valence-electron chi connectivity index (χ1n) is 5.57. The topological polar surface area (TPSA) is 52.6 Å². The predicted octanol–water partition coefficient (Wildman–Crippen LogP) is 2.71. The Bertz CT molecular complexity index is 288. The van der Waals surface area contributed by atoms with Crippen molar-refractivity contribution in [1.29, 1.82) is 0 Å². The molecule has 0 radical (unpaired) electrons. The molecule has 0 fully saturated rings. The molecule has 0 spiro atoms. The van der Waals surface area contributed by atoms with Gasteiger partial charge in [0.05, 0.1) is 0 Å². The first-order valence-corrected chi connectivity index (χ1v) is 11.9. The molecule has 0 aromatic rings. The van der Waals surface area contributed by atoms with Gasteiger partial charge in [0.15, 0.2) is 0 Å². The van der Waals surface area contributed by atoms with Crippen molar-refractivity contribution in [2.24, 2.45) is 0 Å². The van der Waals surface area contributed by atoms with Crippen molar-refractivity contribution in [3.63, 3.8) is 0 Å². The van der Waals surface area contributed by atoms with E-state index in [1.807, 2.05) is 38.2 Å². The van der Waals surface area contributed by atoms with Crippen molar-refractivity contribution in [3.8, 4) is 0 Å². The molecular weight excluding hydrogens is 327 g/mol. The molecule has 0 amide bonds. The van der Waals surface area contributed by atoms with Crippen molar-refractivity contribution >= 4 is 31.1 Å². The average Bonchev–Trinajstić information content (AvgIpc) is 2.22. The van der Waals surface area contributed by atoms with Crippen LogP contribution in [-0.4, -0.2) is 31.1 Å². The van der Waals surface area contributed by atoms with Gasteiger partial charge in [0.1, 0.15) is 0 Å². The molecule has 0 aliphatic heterocycles. The minimum absolute atomic E-state index is 0.379. The molecule has 0 aromatic carbocycles. The van der Waals surface area contributed by atoms with E-state index in [9.17, 15) is 9.59 Å². The van der Waals surface area contributed by atoms with Gasteiger partial charge in [-0.25, -0.2) is 0 Å². The number of hydrogen-bond acceptors (Lipinski definition) is 4. The summed E-state index contributed by atoms with van der Waals surface area (Å²) in [6.45, 7) is 6.46. The van der Waals surface area contributed by atoms with Crippen LogP contribution in [0.1, 0.15) is 27.7 Å². The van der Waals surface area contributed by atoms with Gasteiger partial charge in [0.2, 0.25) is 0 Å². The van der Waals surface area contributed by atoms with E-state index in [1.165, 1.54) is 13.8 Å². The second kappa shape index (κ2) is 8.33. The molecule has 4 nitrogen and oxygen atoms in total. The second-order valence-electron chi connectivity index (χ2n) is 3.64. The van der Waals surface area contributed by atoms with Crippen LogP contribution in [0, 0.1) is 0 Å². The Balaban J connectivity index is 5.01. The third kappa shape index (κ3) is 7.20. The second-order valence-corrected chi connectivity index (χ2v) is 12.3. The zero-order valence-electron chi connectivity index (χ0n) is 10.9. The average molecular weight is 347 g/mol. The van der Waals surface area contributed by atoms with Gasteiger partial charge in [0, 0.05) is 0 Å². The number of carbonyl (C=O) groups is 2. The molecule has 0 saturated carbocycles. The molecule has 0 heterocycles. The van der Waals surface area contributed by atoms with E-state index in [0.717, 1.165) is 0 Å². The maximum absolute atomic E-state index is 11.2. The standard InChI is InChI=1S/2C4H7.2C2H4O2.Sn/c2*1-3-4-2;2*1-2(3)4;/h2*3-4H,1H2,2H3;2*1H3,(H,3,4);/q;;;;+2/p-2. The normalized spacial score (nSPS) is 12.0. The Hall–Kier alpha value is -0.781. The zero-order valence-corrected chi connectivity index (χ0v) is 13.7. The summed E-state index contributed by atoms with van der Waals surface area (Å²) in [6.07, 6.45) is 7.53. The van der Waals surface area contributed by atoms with Crippen LogP contribution >= 0.6 is 0 Å². The van der Waals surface area contributed by atoms with Crippen molar-refractivity contribution in [1.82, 2.24) is 0 Å². The number of rotatable bonds is 6. The fourth-order valence-electron chi connectivity index (χ4n) is 1.39. The zero-order chi connectivity index (χ0) is 13.3. The van der Waals surface area contributed by atoms with Crippen LogP contribution < -0.4 is 0 Å². The van der Waals surface area contributed by atoms with Crippen LogP contribution in [0.15, 0.2) is 24.3 Å². The van der Waals surface area contributed by atoms with Gasteiger partial charge >= 0.3 is 108 Å². The van der Waals surface area contributed by atoms with Gasteiger partial charge < -0.3 is 0 Å². The first kappa shape index (κ1) is 16.2. The van der Waals surface area contributed by atoms with Crippen molar-refractivity contribution in [3.05, 3.63) is 24.3 Å². The minimum atomic E-state index is -3.66. The molecule has 0 atom stereocenters. The van der Waals surface area contributed by atoms with E-state index in [4.69, 9.17) is 6.15 Å². The Morgan fingerprint density at radius 3 is 1.53 bits per heavy atom. The third-order valence-electron chi connectivity index (χ3n) is 1.99. The molecule has 0 saturated heterocycles. The van der Waals surface area contributed by atoms with Crippen LogP contribution in [-0.2, 0) is 15.7 Å². The van der Waals surface area contributed by atoms with Crippen molar-refractivity contribution in [2.75, 3.05) is 0 Å². The molecule has 0 aliphatic carbocycles. The molecule has 5 heteroatoms. The van der Waals surface area contributed by atoms with Crippen LogP contribution in [0.3, 0.4) is 0 Å². The Morgan fingerprint density at radius 1 is 0.941 bits per heavy atom. The van der Waals surface area contributed by atoms with Crippen LogP contribution in [0.2, 0.25) is 8.87 Å². The fraction of sp³-hybridized carbons (Fsp3) is 0.500. The summed E-state index contributed by atoms with van der Waals surface area (Å²) < 4.78 is 11.9. The molecule has 0 N–H and O–H groups in total. The van der Waals surface area contributed by atoms with E-state index in [0.29, 0.717) is 8.87 Å². The summed E-state index contributed by atoms with van der Waals surface area (Å²) >= 11 is -3.66. The van der Waals surface area contributed by atoms with Gasteiger partial charge in [-0.2, -0.15) is 0 Å². The molecule has 0 aromatic heterocycles. The Labute approximate surface area is 108 Å². The maximum atomic E-state index is 11.2. The summed E-state index contributed by atoms with van der Waals surface area (Å²) in [5, 5.41) is 0. The van der Waals surface area contributed by atoms with Gasteiger partial charge in [-0.15, -0.1) is 0 Å². The fourth-order valence-corrected chi connectivity index (χ4v) is 9.32. The SMILES string of the molecule is CC=C[CH2][Sn]([CH2]C=CC)([O]C(C)=O)[O]C(C)=O. The number of carbonyl (C=O) groups excluding carboxylic acids is 2. The van der Waals surface area contributed by atoms with E-state index >= 15 is 0 Å². The van der Waals surface area contributed by atoms with Crippen LogP contribution in [0.5, 0.6) is 0 Å². The summed E-state index contributed by atoms with van der Waals surface area (Å²) in [5.74, 6) is -0.757. The molecular formula is C12H20O4Sn. The molecule has 96 valence electrons. The van der Waals surface area contributed by atoms with Crippen molar-refractivity contribution in [2.45, 2.75) is 36.6 Å². The molecule has 0 bridgehead atoms. The predicted molar refractivity (Wildman–Crippen MR) is 68.5 cm³/mol. The Kier molecular flexibility index (Phi) is 7.95. The monoisotopic (exact) mass is 348 g/mol. The van der Waals surface area contributed by atoms with E-state index in [1.54, 1.807) is 0 Å². The van der Waals surface area contributed by atoms with Gasteiger partial charge in [-0.1, -0.05) is 0 Å². The molecule has 0 rings (SSSR count). The molecule has 0 aliphatic rings. The number of allylic oxidation sites excluding steroid dienone is 4. The Morgan fingerprint density at radius 2 is 1.29 bits per heavy atom. The van der Waals surface area contributed by atoms with Gasteiger partial charge in [-0.05, 0) is 0 Å². The van der Waals surface area contributed by atoms with E-state index in [-0.39, 0.29) is 11.9 Å². The van der Waals surface area contributed by atoms with Gasteiger partial charge in [0.25, 0.3) is 0 Å². The van der Waals surface area contributed by atoms with Crippen LogP contribution in [0.4, 0.5) is 0 Å². The summed E-state index contributed by atoms with van der Waals surface area (Å²) in [4.78, 5) is 22.3. The summed E-state index contributed by atoms with van der Waals surface area (Å²) in [6, 6.07) is 0. The van der Waals surface area contributed by atoms with Crippen molar-refractivity contribution < 1.29 is 15.7 Å². The molecule has 17 heavy (non-hydrogen) atoms. The third-order valence-corrected chi connectivity index (χ3v) is 10.6. The quantitative estimate of drug-likeness (QED) is 0.548. The van der Waals surface area contributed by atoms with Gasteiger partial charge in [-0.3, -0.25) is 0 Å².